The SMILES string of the molecule is CCOC(=O)COc1ccc(C(=O)[C@H](C)NC(=O)CCC2CCN(C(=O)OC(C)(C)C)CC2)cc1. The van der Waals surface area contributed by atoms with Gasteiger partial charge in [0.05, 0.1) is 12.6 Å². The molecule has 1 heterocycles. The standard InChI is InChI=1S/C26H38N2O7/c1-6-33-23(30)17-34-21-10-8-20(9-11-21)24(31)18(2)27-22(29)12-7-19-13-15-28(16-14-19)25(32)35-26(3,4)5/h8-11,18-19H,6-7,12-17H2,1-5H3,(H,27,29)/t18-/m0/s1. The van der Waals surface area contributed by atoms with Crippen LogP contribution in [-0.2, 0) is 19.1 Å². The van der Waals surface area contributed by atoms with Crippen LogP contribution in [0.15, 0.2) is 24.3 Å². The topological polar surface area (TPSA) is 111 Å². The second-order valence-electron chi connectivity index (χ2n) is 9.72. The number of nitrogens with one attached hydrogen (secondary N) is 1. The van der Waals surface area contributed by atoms with Crippen LogP contribution < -0.4 is 10.1 Å². The smallest absolute Gasteiger partial charge is 0.410 e. The molecule has 1 aliphatic rings. The fraction of sp³-hybridized carbons (Fsp3) is 0.615. The summed E-state index contributed by atoms with van der Waals surface area (Å²) in [5.41, 5.74) is -0.0733. The van der Waals surface area contributed by atoms with Crippen molar-refractivity contribution in [2.45, 2.75) is 71.9 Å². The number of amides is 2. The lowest BCUT2D eigenvalue weighted by Gasteiger charge is -2.33. The number of likely N-dealkylation sites (tertiary alicyclic amines) is 1. The van der Waals surface area contributed by atoms with Crippen LogP contribution in [0.5, 0.6) is 5.75 Å². The highest BCUT2D eigenvalue weighted by Gasteiger charge is 2.27. The van der Waals surface area contributed by atoms with Gasteiger partial charge in [-0.3, -0.25) is 9.59 Å². The molecule has 1 atom stereocenters. The van der Waals surface area contributed by atoms with Gasteiger partial charge in [0.15, 0.2) is 12.4 Å². The molecule has 1 aromatic carbocycles. The van der Waals surface area contributed by atoms with Gasteiger partial charge in [0, 0.05) is 25.1 Å². The number of benzene rings is 1. The largest absolute Gasteiger partial charge is 0.482 e. The summed E-state index contributed by atoms with van der Waals surface area (Å²) >= 11 is 0. The first kappa shape index (κ1) is 28.1. The third-order valence-electron chi connectivity index (χ3n) is 5.62. The number of esters is 1. The molecule has 2 amide bonds. The van der Waals surface area contributed by atoms with Crippen molar-refractivity contribution in [2.24, 2.45) is 5.92 Å². The van der Waals surface area contributed by atoms with Crippen LogP contribution in [-0.4, -0.2) is 66.6 Å². The second kappa shape index (κ2) is 13.1. The first-order valence-electron chi connectivity index (χ1n) is 12.2. The molecule has 1 saturated heterocycles. The average molecular weight is 491 g/mol. The van der Waals surface area contributed by atoms with Gasteiger partial charge in [-0.2, -0.15) is 0 Å². The number of rotatable bonds is 10. The van der Waals surface area contributed by atoms with Gasteiger partial charge in [-0.1, -0.05) is 0 Å². The van der Waals surface area contributed by atoms with Gasteiger partial charge < -0.3 is 24.4 Å². The van der Waals surface area contributed by atoms with E-state index in [0.717, 1.165) is 12.8 Å². The van der Waals surface area contributed by atoms with Crippen molar-refractivity contribution in [1.82, 2.24) is 10.2 Å². The fourth-order valence-corrected chi connectivity index (χ4v) is 3.76. The number of hydrogen-bond donors (Lipinski definition) is 1. The number of ether oxygens (including phenoxy) is 3. The molecule has 0 bridgehead atoms. The lowest BCUT2D eigenvalue weighted by molar-refractivity contribution is -0.145. The molecule has 0 radical (unpaired) electrons. The highest BCUT2D eigenvalue weighted by atomic mass is 16.6. The van der Waals surface area contributed by atoms with Crippen LogP contribution in [0.25, 0.3) is 0 Å². The Morgan fingerprint density at radius 2 is 1.71 bits per heavy atom. The van der Waals surface area contributed by atoms with E-state index in [1.807, 2.05) is 20.8 Å². The van der Waals surface area contributed by atoms with Crippen molar-refractivity contribution in [3.05, 3.63) is 29.8 Å². The maximum absolute atomic E-state index is 12.7. The summed E-state index contributed by atoms with van der Waals surface area (Å²) < 4.78 is 15.5. The van der Waals surface area contributed by atoms with E-state index in [0.29, 0.717) is 43.2 Å². The van der Waals surface area contributed by atoms with E-state index in [1.165, 1.54) is 0 Å². The van der Waals surface area contributed by atoms with Crippen LogP contribution in [0.3, 0.4) is 0 Å². The summed E-state index contributed by atoms with van der Waals surface area (Å²) in [4.78, 5) is 50.3. The van der Waals surface area contributed by atoms with Crippen LogP contribution in [0.4, 0.5) is 4.79 Å². The Labute approximate surface area is 207 Å². The molecule has 35 heavy (non-hydrogen) atoms. The van der Waals surface area contributed by atoms with Crippen molar-refractivity contribution < 1.29 is 33.4 Å². The zero-order valence-electron chi connectivity index (χ0n) is 21.4. The van der Waals surface area contributed by atoms with E-state index in [-0.39, 0.29) is 31.0 Å². The quantitative estimate of drug-likeness (QED) is 0.393. The second-order valence-corrected chi connectivity index (χ2v) is 9.72. The van der Waals surface area contributed by atoms with Crippen LogP contribution in [0, 0.1) is 5.92 Å². The van der Waals surface area contributed by atoms with Crippen molar-refractivity contribution >= 4 is 23.8 Å². The van der Waals surface area contributed by atoms with Crippen LogP contribution >= 0.6 is 0 Å². The molecule has 9 heteroatoms. The number of piperidine rings is 1. The Morgan fingerprint density at radius 3 is 2.29 bits per heavy atom. The molecular weight excluding hydrogens is 452 g/mol. The number of carbonyl (C=O) groups is 4. The van der Waals surface area contributed by atoms with Gasteiger partial charge in [-0.05, 0) is 84.1 Å². The third kappa shape index (κ3) is 9.96. The van der Waals surface area contributed by atoms with E-state index in [4.69, 9.17) is 14.2 Å². The summed E-state index contributed by atoms with van der Waals surface area (Å²) in [5, 5.41) is 2.77. The van der Waals surface area contributed by atoms with Crippen molar-refractivity contribution in [2.75, 3.05) is 26.3 Å². The molecule has 0 aromatic heterocycles. The van der Waals surface area contributed by atoms with E-state index >= 15 is 0 Å². The maximum atomic E-state index is 12.7. The lowest BCUT2D eigenvalue weighted by atomic mass is 9.92. The molecule has 9 nitrogen and oxygen atoms in total. The normalized spacial score (nSPS) is 15.2. The minimum Gasteiger partial charge on any atom is -0.482 e. The Bertz CT molecular complexity index is 869. The zero-order chi connectivity index (χ0) is 26.0. The Hall–Kier alpha value is -3.10. The summed E-state index contributed by atoms with van der Waals surface area (Å²) in [7, 11) is 0. The molecule has 1 aromatic rings. The summed E-state index contributed by atoms with van der Waals surface area (Å²) in [6, 6.07) is 5.74. The summed E-state index contributed by atoms with van der Waals surface area (Å²) in [6.07, 6.45) is 2.40. The number of nitrogens with zero attached hydrogens (tertiary/aromatic N) is 1. The molecule has 0 aliphatic carbocycles. The Morgan fingerprint density at radius 1 is 1.09 bits per heavy atom. The molecule has 1 aliphatic heterocycles. The molecule has 2 rings (SSSR count). The number of hydrogen-bond acceptors (Lipinski definition) is 7. The van der Waals surface area contributed by atoms with E-state index < -0.39 is 17.6 Å². The summed E-state index contributed by atoms with van der Waals surface area (Å²) in [5.74, 6) is -0.0371. The van der Waals surface area contributed by atoms with E-state index in [2.05, 4.69) is 5.32 Å². The zero-order valence-corrected chi connectivity index (χ0v) is 21.4. The van der Waals surface area contributed by atoms with E-state index in [1.54, 1.807) is 43.0 Å². The lowest BCUT2D eigenvalue weighted by Crippen LogP contribution is -2.42. The first-order valence-corrected chi connectivity index (χ1v) is 12.2. The fourth-order valence-electron chi connectivity index (χ4n) is 3.76. The van der Waals surface area contributed by atoms with Gasteiger partial charge in [0.25, 0.3) is 0 Å². The third-order valence-corrected chi connectivity index (χ3v) is 5.62. The highest BCUT2D eigenvalue weighted by Crippen LogP contribution is 2.23. The molecule has 0 saturated carbocycles. The molecule has 0 unspecified atom stereocenters. The van der Waals surface area contributed by atoms with Gasteiger partial charge in [0.1, 0.15) is 11.4 Å². The van der Waals surface area contributed by atoms with Gasteiger partial charge in [-0.15, -0.1) is 0 Å². The molecule has 1 fully saturated rings. The highest BCUT2D eigenvalue weighted by molar-refractivity contribution is 6.01. The Balaban J connectivity index is 1.71. The maximum Gasteiger partial charge on any atom is 0.410 e. The van der Waals surface area contributed by atoms with Crippen molar-refractivity contribution in [1.29, 1.82) is 0 Å². The molecule has 0 spiro atoms. The predicted octanol–water partition coefficient (Wildman–Crippen LogP) is 3.74. The Kier molecular flexibility index (Phi) is 10.5. The predicted molar refractivity (Wildman–Crippen MR) is 130 cm³/mol. The summed E-state index contributed by atoms with van der Waals surface area (Å²) in [6.45, 7) is 10.2. The van der Waals surface area contributed by atoms with Crippen molar-refractivity contribution in [3.8, 4) is 5.75 Å². The molecular formula is C26H38N2O7. The minimum absolute atomic E-state index is 0.171. The van der Waals surface area contributed by atoms with Gasteiger partial charge >= 0.3 is 12.1 Å². The number of Topliss-reactive ketones (excluding diaryl/α,β-unsaturated/α-hetero) is 1. The minimum atomic E-state index is -0.664. The number of carbonyl (C=O) groups excluding carboxylic acids is 4. The van der Waals surface area contributed by atoms with Gasteiger partial charge in [0.2, 0.25) is 5.91 Å². The molecule has 1 N–H and O–H groups in total. The average Bonchev–Trinajstić information content (AvgIpc) is 2.80. The first-order chi connectivity index (χ1) is 16.5. The van der Waals surface area contributed by atoms with E-state index in [9.17, 15) is 19.2 Å². The van der Waals surface area contributed by atoms with Gasteiger partial charge in [-0.25, -0.2) is 9.59 Å². The molecule has 194 valence electrons. The number of ketones is 1. The monoisotopic (exact) mass is 490 g/mol. The van der Waals surface area contributed by atoms with Crippen LogP contribution in [0.2, 0.25) is 0 Å². The van der Waals surface area contributed by atoms with Crippen LogP contribution in [0.1, 0.15) is 70.7 Å². The van der Waals surface area contributed by atoms with Crippen molar-refractivity contribution in [3.63, 3.8) is 0 Å².